The lowest BCUT2D eigenvalue weighted by Gasteiger charge is -2.16. The number of aryl methyl sites for hydroxylation is 2. The van der Waals surface area contributed by atoms with Gasteiger partial charge in [0.25, 0.3) is 0 Å². The summed E-state index contributed by atoms with van der Waals surface area (Å²) < 4.78 is 3.48. The Bertz CT molecular complexity index is 870. The van der Waals surface area contributed by atoms with Crippen LogP contribution >= 0.6 is 0 Å². The van der Waals surface area contributed by atoms with Crippen LogP contribution in [0.3, 0.4) is 0 Å². The maximum atomic E-state index is 12.4. The minimum atomic E-state index is -0.272. The smallest absolute Gasteiger partial charge is 0.320 e. The predicted molar refractivity (Wildman–Crippen MR) is 98.9 cm³/mol. The molecule has 1 aromatic carbocycles. The van der Waals surface area contributed by atoms with Crippen molar-refractivity contribution in [1.82, 2.24) is 29.9 Å². The zero-order chi connectivity index (χ0) is 18.5. The van der Waals surface area contributed by atoms with E-state index in [1.165, 1.54) is 11.9 Å². The second-order valence-corrected chi connectivity index (χ2v) is 6.44. The Morgan fingerprint density at radius 3 is 2.85 bits per heavy atom. The van der Waals surface area contributed by atoms with Crippen molar-refractivity contribution in [3.63, 3.8) is 0 Å². The average molecular weight is 353 g/mol. The standard InChI is InChI=1S/C18H23N7O/c1-13-5-4-6-16(7-13)10-25-17(14(2)8-20-25)23-18(26)22-15(3)9-24-12-19-11-21-24/h4-8,11-12,15H,9-10H2,1-3H3,(H2,22,23,26). The summed E-state index contributed by atoms with van der Waals surface area (Å²) in [4.78, 5) is 16.2. The number of nitrogens with one attached hydrogen (secondary N) is 2. The summed E-state index contributed by atoms with van der Waals surface area (Å²) >= 11 is 0. The van der Waals surface area contributed by atoms with E-state index in [1.54, 1.807) is 21.9 Å². The van der Waals surface area contributed by atoms with Gasteiger partial charge < -0.3 is 5.32 Å². The molecule has 2 aromatic heterocycles. The molecule has 0 bridgehead atoms. The Kier molecular flexibility index (Phi) is 5.31. The number of rotatable bonds is 6. The topological polar surface area (TPSA) is 89.7 Å². The van der Waals surface area contributed by atoms with E-state index in [-0.39, 0.29) is 12.1 Å². The molecule has 3 rings (SSSR count). The lowest BCUT2D eigenvalue weighted by atomic mass is 10.1. The van der Waals surface area contributed by atoms with Gasteiger partial charge >= 0.3 is 6.03 Å². The van der Waals surface area contributed by atoms with Gasteiger partial charge in [-0.15, -0.1) is 0 Å². The third-order valence-corrected chi connectivity index (χ3v) is 3.97. The van der Waals surface area contributed by atoms with E-state index in [1.807, 2.05) is 26.0 Å². The maximum absolute atomic E-state index is 12.4. The first-order valence-corrected chi connectivity index (χ1v) is 8.49. The molecule has 0 spiro atoms. The number of carbonyl (C=O) groups is 1. The Balaban J connectivity index is 1.63. The molecule has 2 amide bonds. The van der Waals surface area contributed by atoms with Crippen LogP contribution in [0.15, 0.2) is 43.1 Å². The molecule has 8 nitrogen and oxygen atoms in total. The van der Waals surface area contributed by atoms with Gasteiger partial charge in [-0.3, -0.25) is 10.00 Å². The molecule has 0 saturated carbocycles. The Morgan fingerprint density at radius 2 is 2.12 bits per heavy atom. The van der Waals surface area contributed by atoms with Crippen molar-refractivity contribution in [2.75, 3.05) is 5.32 Å². The molecule has 2 heterocycles. The molecular formula is C18H23N7O. The molecule has 3 aromatic rings. The first-order chi connectivity index (χ1) is 12.5. The summed E-state index contributed by atoms with van der Waals surface area (Å²) in [7, 11) is 0. The fraction of sp³-hybridized carbons (Fsp3) is 0.333. The average Bonchev–Trinajstić information content (AvgIpc) is 3.20. The molecular weight excluding hydrogens is 330 g/mol. The first kappa shape index (κ1) is 17.7. The Labute approximate surface area is 152 Å². The Hall–Kier alpha value is -3.16. The summed E-state index contributed by atoms with van der Waals surface area (Å²) in [5.74, 6) is 0.692. The molecule has 26 heavy (non-hydrogen) atoms. The van der Waals surface area contributed by atoms with Crippen molar-refractivity contribution in [3.8, 4) is 0 Å². The highest BCUT2D eigenvalue weighted by molar-refractivity contribution is 5.89. The number of nitrogens with zero attached hydrogens (tertiary/aromatic N) is 5. The second kappa shape index (κ2) is 7.81. The minimum absolute atomic E-state index is 0.0925. The SMILES string of the molecule is Cc1cccc(Cn2ncc(C)c2NC(=O)NC(C)Cn2cncn2)c1. The van der Waals surface area contributed by atoms with Gasteiger partial charge in [-0.05, 0) is 26.3 Å². The summed E-state index contributed by atoms with van der Waals surface area (Å²) in [6.07, 6.45) is 4.85. The molecule has 0 fully saturated rings. The number of hydrogen-bond acceptors (Lipinski definition) is 4. The summed E-state index contributed by atoms with van der Waals surface area (Å²) in [5, 5.41) is 14.2. The van der Waals surface area contributed by atoms with Crippen LogP contribution in [0.25, 0.3) is 0 Å². The van der Waals surface area contributed by atoms with Crippen molar-refractivity contribution in [1.29, 1.82) is 0 Å². The number of amides is 2. The lowest BCUT2D eigenvalue weighted by molar-refractivity contribution is 0.247. The number of urea groups is 1. The van der Waals surface area contributed by atoms with Crippen LogP contribution in [-0.2, 0) is 13.1 Å². The van der Waals surface area contributed by atoms with Crippen molar-refractivity contribution < 1.29 is 4.79 Å². The van der Waals surface area contributed by atoms with Crippen molar-refractivity contribution in [3.05, 3.63) is 59.8 Å². The molecule has 0 aliphatic heterocycles. The van der Waals surface area contributed by atoms with E-state index < -0.39 is 0 Å². The molecule has 0 aliphatic carbocycles. The van der Waals surface area contributed by atoms with E-state index in [4.69, 9.17) is 0 Å². The molecule has 1 atom stereocenters. The zero-order valence-electron chi connectivity index (χ0n) is 15.2. The third-order valence-electron chi connectivity index (χ3n) is 3.97. The van der Waals surface area contributed by atoms with E-state index in [9.17, 15) is 4.79 Å². The fourth-order valence-corrected chi connectivity index (χ4v) is 2.77. The molecule has 136 valence electrons. The normalized spacial score (nSPS) is 12.0. The molecule has 0 saturated heterocycles. The maximum Gasteiger partial charge on any atom is 0.320 e. The highest BCUT2D eigenvalue weighted by atomic mass is 16.2. The van der Waals surface area contributed by atoms with Crippen molar-refractivity contribution in [2.24, 2.45) is 0 Å². The van der Waals surface area contributed by atoms with Gasteiger partial charge in [-0.2, -0.15) is 10.2 Å². The quantitative estimate of drug-likeness (QED) is 0.712. The van der Waals surface area contributed by atoms with Crippen LogP contribution in [0.2, 0.25) is 0 Å². The van der Waals surface area contributed by atoms with Gasteiger partial charge in [0.1, 0.15) is 18.5 Å². The van der Waals surface area contributed by atoms with Crippen LogP contribution in [0, 0.1) is 13.8 Å². The summed E-state index contributed by atoms with van der Waals surface area (Å²) in [6.45, 7) is 7.04. The summed E-state index contributed by atoms with van der Waals surface area (Å²) in [5.41, 5.74) is 3.24. The van der Waals surface area contributed by atoms with Crippen LogP contribution in [0.5, 0.6) is 0 Å². The Morgan fingerprint density at radius 1 is 1.27 bits per heavy atom. The number of carbonyl (C=O) groups excluding carboxylic acids is 1. The molecule has 0 radical (unpaired) electrons. The van der Waals surface area contributed by atoms with Crippen molar-refractivity contribution in [2.45, 2.75) is 39.9 Å². The molecule has 1 unspecified atom stereocenters. The number of hydrogen-bond donors (Lipinski definition) is 2. The van der Waals surface area contributed by atoms with E-state index >= 15 is 0 Å². The van der Waals surface area contributed by atoms with Gasteiger partial charge in [-0.1, -0.05) is 29.8 Å². The van der Waals surface area contributed by atoms with Gasteiger partial charge in [0.2, 0.25) is 0 Å². The predicted octanol–water partition coefficient (Wildman–Crippen LogP) is 2.35. The summed E-state index contributed by atoms with van der Waals surface area (Å²) in [6, 6.07) is 7.87. The lowest BCUT2D eigenvalue weighted by Crippen LogP contribution is -2.39. The first-order valence-electron chi connectivity index (χ1n) is 8.49. The van der Waals surface area contributed by atoms with Crippen LogP contribution < -0.4 is 10.6 Å². The molecule has 8 heteroatoms. The van der Waals surface area contributed by atoms with Gasteiger partial charge in [-0.25, -0.2) is 14.5 Å². The van der Waals surface area contributed by atoms with Crippen LogP contribution in [0.4, 0.5) is 10.6 Å². The highest BCUT2D eigenvalue weighted by Crippen LogP contribution is 2.16. The van der Waals surface area contributed by atoms with Gasteiger partial charge in [0.15, 0.2) is 0 Å². The number of aromatic nitrogens is 5. The number of benzene rings is 1. The fourth-order valence-electron chi connectivity index (χ4n) is 2.77. The van der Waals surface area contributed by atoms with Crippen molar-refractivity contribution >= 4 is 11.8 Å². The van der Waals surface area contributed by atoms with E-state index in [2.05, 4.69) is 44.9 Å². The van der Waals surface area contributed by atoms with Crippen LogP contribution in [0.1, 0.15) is 23.6 Å². The van der Waals surface area contributed by atoms with Gasteiger partial charge in [0.05, 0.1) is 19.3 Å². The van der Waals surface area contributed by atoms with Gasteiger partial charge in [0, 0.05) is 11.6 Å². The monoisotopic (exact) mass is 353 g/mol. The van der Waals surface area contributed by atoms with E-state index in [0.717, 1.165) is 11.1 Å². The number of anilines is 1. The molecule has 2 N–H and O–H groups in total. The zero-order valence-corrected chi connectivity index (χ0v) is 15.2. The van der Waals surface area contributed by atoms with Crippen LogP contribution in [-0.4, -0.2) is 36.6 Å². The highest BCUT2D eigenvalue weighted by Gasteiger charge is 2.14. The molecule has 0 aliphatic rings. The largest absolute Gasteiger partial charge is 0.334 e. The van der Waals surface area contributed by atoms with E-state index in [0.29, 0.717) is 18.9 Å². The second-order valence-electron chi connectivity index (χ2n) is 6.44. The third kappa shape index (κ3) is 4.47. The minimum Gasteiger partial charge on any atom is -0.334 e.